The van der Waals surface area contributed by atoms with Crippen LogP contribution in [0, 0.1) is 12.7 Å². The Morgan fingerprint density at radius 2 is 1.81 bits per heavy atom. The lowest BCUT2D eigenvalue weighted by Crippen LogP contribution is -2.04. The lowest BCUT2D eigenvalue weighted by molar-refractivity contribution is 0.470. The predicted molar refractivity (Wildman–Crippen MR) is 84.1 cm³/mol. The van der Waals surface area contributed by atoms with Crippen LogP contribution < -0.4 is 5.32 Å². The molecule has 21 heavy (non-hydrogen) atoms. The Kier molecular flexibility index (Phi) is 3.48. The van der Waals surface area contributed by atoms with Crippen molar-refractivity contribution in [1.82, 2.24) is 0 Å². The monoisotopic (exact) mass is 281 g/mol. The quantitative estimate of drug-likeness (QED) is 0.735. The number of phenols is 1. The van der Waals surface area contributed by atoms with E-state index in [1.807, 2.05) is 43.3 Å². The molecule has 0 aromatic heterocycles. The summed E-state index contributed by atoms with van der Waals surface area (Å²) < 4.78 is 13.8. The number of nitrogens with one attached hydrogen (secondary N) is 1. The molecular weight excluding hydrogens is 265 g/mol. The zero-order valence-corrected chi connectivity index (χ0v) is 11.7. The van der Waals surface area contributed by atoms with Gasteiger partial charge in [0.15, 0.2) is 0 Å². The van der Waals surface area contributed by atoms with Gasteiger partial charge in [-0.25, -0.2) is 4.39 Å². The second-order valence-corrected chi connectivity index (χ2v) is 5.07. The topological polar surface area (TPSA) is 32.3 Å². The third-order valence-electron chi connectivity index (χ3n) is 3.68. The highest BCUT2D eigenvalue weighted by Gasteiger charge is 2.09. The fourth-order valence-corrected chi connectivity index (χ4v) is 2.54. The van der Waals surface area contributed by atoms with Crippen LogP contribution in [0.2, 0.25) is 0 Å². The summed E-state index contributed by atoms with van der Waals surface area (Å²) in [6.07, 6.45) is 0. The Hall–Kier alpha value is -2.55. The SMILES string of the molecule is Cc1cccc(F)c1NCc1c(O)ccc2ccccc12. The first-order chi connectivity index (χ1) is 10.2. The van der Waals surface area contributed by atoms with Crippen LogP contribution in [-0.4, -0.2) is 5.11 Å². The number of halogens is 1. The maximum atomic E-state index is 13.8. The van der Waals surface area contributed by atoms with E-state index in [1.165, 1.54) is 6.07 Å². The summed E-state index contributed by atoms with van der Waals surface area (Å²) in [5, 5.41) is 15.2. The molecule has 0 bridgehead atoms. The lowest BCUT2D eigenvalue weighted by atomic mass is 10.0. The van der Waals surface area contributed by atoms with Crippen molar-refractivity contribution in [2.45, 2.75) is 13.5 Å². The highest BCUT2D eigenvalue weighted by Crippen LogP contribution is 2.28. The number of para-hydroxylation sites is 1. The largest absolute Gasteiger partial charge is 0.508 e. The molecule has 3 aromatic rings. The normalized spacial score (nSPS) is 10.8. The maximum Gasteiger partial charge on any atom is 0.146 e. The maximum absolute atomic E-state index is 13.8. The first-order valence-electron chi connectivity index (χ1n) is 6.85. The number of hydrogen-bond donors (Lipinski definition) is 2. The van der Waals surface area contributed by atoms with Crippen LogP contribution in [0.5, 0.6) is 5.75 Å². The Bertz CT molecular complexity index is 778. The van der Waals surface area contributed by atoms with Crippen molar-refractivity contribution >= 4 is 16.5 Å². The molecule has 0 saturated carbocycles. The van der Waals surface area contributed by atoms with Crippen molar-refractivity contribution in [1.29, 1.82) is 0 Å². The number of phenolic OH excluding ortho intramolecular Hbond substituents is 1. The Morgan fingerprint density at radius 3 is 2.62 bits per heavy atom. The van der Waals surface area contributed by atoms with Crippen molar-refractivity contribution in [3.63, 3.8) is 0 Å². The molecule has 0 unspecified atom stereocenters. The van der Waals surface area contributed by atoms with Gasteiger partial charge in [0.25, 0.3) is 0 Å². The third kappa shape index (κ3) is 2.55. The zero-order chi connectivity index (χ0) is 14.8. The fourth-order valence-electron chi connectivity index (χ4n) is 2.54. The molecular formula is C18H16FNO. The molecule has 0 heterocycles. The predicted octanol–water partition coefficient (Wildman–Crippen LogP) is 4.61. The number of hydrogen-bond acceptors (Lipinski definition) is 2. The van der Waals surface area contributed by atoms with E-state index in [2.05, 4.69) is 5.32 Å². The molecule has 0 spiro atoms. The first-order valence-corrected chi connectivity index (χ1v) is 6.85. The van der Waals surface area contributed by atoms with Gasteiger partial charge in [-0.1, -0.05) is 42.5 Å². The molecule has 0 atom stereocenters. The van der Waals surface area contributed by atoms with Gasteiger partial charge in [-0.2, -0.15) is 0 Å². The van der Waals surface area contributed by atoms with E-state index in [0.29, 0.717) is 12.2 Å². The molecule has 0 fully saturated rings. The zero-order valence-electron chi connectivity index (χ0n) is 11.7. The van der Waals surface area contributed by atoms with Gasteiger partial charge < -0.3 is 10.4 Å². The summed E-state index contributed by atoms with van der Waals surface area (Å²) in [4.78, 5) is 0. The summed E-state index contributed by atoms with van der Waals surface area (Å²) in [7, 11) is 0. The van der Waals surface area contributed by atoms with E-state index in [0.717, 1.165) is 21.9 Å². The molecule has 0 aliphatic carbocycles. The molecule has 3 aromatic carbocycles. The molecule has 0 amide bonds. The van der Waals surface area contributed by atoms with Gasteiger partial charge in [0.1, 0.15) is 11.6 Å². The molecule has 0 radical (unpaired) electrons. The molecule has 2 N–H and O–H groups in total. The van der Waals surface area contributed by atoms with E-state index in [4.69, 9.17) is 0 Å². The molecule has 0 saturated heterocycles. The first kappa shape index (κ1) is 13.4. The minimum absolute atomic E-state index is 0.218. The standard InChI is InChI=1S/C18H16FNO/c1-12-5-4-8-16(19)18(12)20-11-15-14-7-3-2-6-13(14)9-10-17(15)21/h2-10,20-21H,11H2,1H3. The van der Waals surface area contributed by atoms with Gasteiger partial charge in [0.05, 0.1) is 5.69 Å². The van der Waals surface area contributed by atoms with Gasteiger partial charge in [-0.15, -0.1) is 0 Å². The molecule has 106 valence electrons. The summed E-state index contributed by atoms with van der Waals surface area (Å²) in [5.41, 5.74) is 2.09. The second-order valence-electron chi connectivity index (χ2n) is 5.07. The van der Waals surface area contributed by atoms with Crippen LogP contribution in [0.3, 0.4) is 0 Å². The number of aromatic hydroxyl groups is 1. The van der Waals surface area contributed by atoms with Crippen LogP contribution in [0.4, 0.5) is 10.1 Å². The van der Waals surface area contributed by atoms with Crippen LogP contribution in [0.15, 0.2) is 54.6 Å². The Balaban J connectivity index is 1.97. The van der Waals surface area contributed by atoms with E-state index in [1.54, 1.807) is 12.1 Å². The van der Waals surface area contributed by atoms with E-state index in [9.17, 15) is 9.50 Å². The smallest absolute Gasteiger partial charge is 0.146 e. The fraction of sp³-hybridized carbons (Fsp3) is 0.111. The van der Waals surface area contributed by atoms with Crippen LogP contribution in [-0.2, 0) is 6.54 Å². The second kappa shape index (κ2) is 5.44. The van der Waals surface area contributed by atoms with E-state index in [-0.39, 0.29) is 11.6 Å². The minimum Gasteiger partial charge on any atom is -0.508 e. The van der Waals surface area contributed by atoms with Crippen molar-refractivity contribution in [3.8, 4) is 5.75 Å². The van der Waals surface area contributed by atoms with Gasteiger partial charge in [-0.3, -0.25) is 0 Å². The molecule has 0 aliphatic rings. The van der Waals surface area contributed by atoms with E-state index < -0.39 is 0 Å². The Labute approximate surface area is 122 Å². The highest BCUT2D eigenvalue weighted by atomic mass is 19.1. The third-order valence-corrected chi connectivity index (χ3v) is 3.68. The van der Waals surface area contributed by atoms with E-state index >= 15 is 0 Å². The Morgan fingerprint density at radius 1 is 1.00 bits per heavy atom. The van der Waals surface area contributed by atoms with Crippen molar-refractivity contribution in [3.05, 3.63) is 71.5 Å². The molecule has 3 rings (SSSR count). The van der Waals surface area contributed by atoms with Gasteiger partial charge in [0, 0.05) is 12.1 Å². The highest BCUT2D eigenvalue weighted by molar-refractivity contribution is 5.87. The summed E-state index contributed by atoms with van der Waals surface area (Å²) >= 11 is 0. The van der Waals surface area contributed by atoms with Crippen LogP contribution in [0.25, 0.3) is 10.8 Å². The lowest BCUT2D eigenvalue weighted by Gasteiger charge is -2.13. The summed E-state index contributed by atoms with van der Waals surface area (Å²) in [6.45, 7) is 2.23. The van der Waals surface area contributed by atoms with Crippen LogP contribution >= 0.6 is 0 Å². The average Bonchev–Trinajstić information content (AvgIpc) is 2.48. The van der Waals surface area contributed by atoms with Gasteiger partial charge >= 0.3 is 0 Å². The van der Waals surface area contributed by atoms with Crippen molar-refractivity contribution in [2.24, 2.45) is 0 Å². The number of fused-ring (bicyclic) bond motifs is 1. The van der Waals surface area contributed by atoms with Crippen molar-refractivity contribution < 1.29 is 9.50 Å². The number of anilines is 1. The number of aryl methyl sites for hydroxylation is 1. The molecule has 0 aliphatic heterocycles. The summed E-state index contributed by atoms with van der Waals surface area (Å²) in [6, 6.07) is 16.4. The van der Waals surface area contributed by atoms with Gasteiger partial charge in [0.2, 0.25) is 0 Å². The average molecular weight is 281 g/mol. The van der Waals surface area contributed by atoms with Crippen LogP contribution in [0.1, 0.15) is 11.1 Å². The van der Waals surface area contributed by atoms with Crippen molar-refractivity contribution in [2.75, 3.05) is 5.32 Å². The molecule has 3 heteroatoms. The van der Waals surface area contributed by atoms with Gasteiger partial charge in [-0.05, 0) is 35.4 Å². The number of rotatable bonds is 3. The number of benzene rings is 3. The minimum atomic E-state index is -0.283. The molecule has 2 nitrogen and oxygen atoms in total. The summed E-state index contributed by atoms with van der Waals surface area (Å²) in [5.74, 6) is -0.0649.